The maximum Gasteiger partial charge on any atom is 0.276 e. The summed E-state index contributed by atoms with van der Waals surface area (Å²) in [5.41, 5.74) is 0.810. The highest BCUT2D eigenvalue weighted by Gasteiger charge is 2.14. The quantitative estimate of drug-likeness (QED) is 0.438. The molecule has 1 aromatic rings. The van der Waals surface area contributed by atoms with Crippen LogP contribution < -0.4 is 4.74 Å². The summed E-state index contributed by atoms with van der Waals surface area (Å²) in [5.74, 6) is 1.04. The van der Waals surface area contributed by atoms with Crippen LogP contribution in [0.2, 0.25) is 0 Å². The van der Waals surface area contributed by atoms with E-state index in [0.29, 0.717) is 30.2 Å². The molecule has 0 radical (unpaired) electrons. The molecule has 88 valence electrons. The number of rotatable bonds is 6. The average Bonchev–Trinajstić information content (AvgIpc) is 2.27. The fourth-order valence-corrected chi connectivity index (χ4v) is 1.57. The lowest BCUT2D eigenvalue weighted by Crippen LogP contribution is -1.98. The second-order valence-electron chi connectivity index (χ2n) is 3.27. The second-order valence-corrected chi connectivity index (χ2v) is 3.65. The number of benzene rings is 1. The van der Waals surface area contributed by atoms with Crippen molar-refractivity contribution in [2.24, 2.45) is 0 Å². The summed E-state index contributed by atoms with van der Waals surface area (Å²) in [7, 11) is 0. The molecule has 16 heavy (non-hydrogen) atoms. The minimum Gasteiger partial charge on any atom is -0.494 e. The van der Waals surface area contributed by atoms with Crippen LogP contribution in [0.4, 0.5) is 5.69 Å². The molecule has 0 saturated carbocycles. The Bertz CT molecular complexity index is 368. The number of halogens is 1. The molecule has 0 spiro atoms. The molecule has 0 aromatic heterocycles. The highest BCUT2D eigenvalue weighted by atomic mass is 35.5. The highest BCUT2D eigenvalue weighted by molar-refractivity contribution is 6.17. The van der Waals surface area contributed by atoms with Crippen LogP contribution in [0, 0.1) is 10.1 Å². The lowest BCUT2D eigenvalue weighted by molar-refractivity contribution is -0.385. The number of hydrogen-bond donors (Lipinski definition) is 0. The normalized spacial score (nSPS) is 10.1. The first-order valence-corrected chi connectivity index (χ1v) is 5.68. The van der Waals surface area contributed by atoms with E-state index in [1.165, 1.54) is 6.07 Å². The molecule has 0 atom stereocenters. The van der Waals surface area contributed by atoms with Crippen LogP contribution in [0.3, 0.4) is 0 Å². The Balaban J connectivity index is 2.94. The van der Waals surface area contributed by atoms with Gasteiger partial charge in [-0.15, -0.1) is 11.6 Å². The van der Waals surface area contributed by atoms with Crippen molar-refractivity contribution < 1.29 is 9.66 Å². The lowest BCUT2D eigenvalue weighted by atomic mass is 10.1. The van der Waals surface area contributed by atoms with Crippen molar-refractivity contribution >= 4 is 17.3 Å². The first-order chi connectivity index (χ1) is 7.69. The second kappa shape index (κ2) is 6.33. The van der Waals surface area contributed by atoms with Crippen molar-refractivity contribution in [2.45, 2.75) is 19.8 Å². The van der Waals surface area contributed by atoms with E-state index < -0.39 is 0 Å². The molecule has 0 heterocycles. The molecular weight excluding hydrogens is 230 g/mol. The molecule has 0 aliphatic rings. The molecule has 0 amide bonds. The van der Waals surface area contributed by atoms with Crippen LogP contribution in [-0.4, -0.2) is 17.4 Å². The zero-order valence-electron chi connectivity index (χ0n) is 9.11. The largest absolute Gasteiger partial charge is 0.494 e. The zero-order chi connectivity index (χ0) is 12.0. The van der Waals surface area contributed by atoms with E-state index in [9.17, 15) is 10.1 Å². The van der Waals surface area contributed by atoms with Gasteiger partial charge in [-0.25, -0.2) is 0 Å². The maximum absolute atomic E-state index is 10.9. The van der Waals surface area contributed by atoms with Gasteiger partial charge in [0, 0.05) is 11.4 Å². The van der Waals surface area contributed by atoms with Crippen molar-refractivity contribution in [2.75, 3.05) is 12.5 Å². The average molecular weight is 244 g/mol. The van der Waals surface area contributed by atoms with E-state index >= 15 is 0 Å². The van der Waals surface area contributed by atoms with Gasteiger partial charge in [0.1, 0.15) is 5.75 Å². The van der Waals surface area contributed by atoms with Gasteiger partial charge in [0.25, 0.3) is 5.69 Å². The number of nitro groups is 1. The van der Waals surface area contributed by atoms with Gasteiger partial charge in [0.15, 0.2) is 0 Å². The fourth-order valence-electron chi connectivity index (χ4n) is 1.44. The van der Waals surface area contributed by atoms with Crippen LogP contribution in [0.15, 0.2) is 18.2 Å². The molecule has 0 fully saturated rings. The number of nitrogens with zero attached hydrogens (tertiary/aromatic N) is 1. The molecule has 0 aliphatic heterocycles. The number of alkyl halides is 1. The van der Waals surface area contributed by atoms with Gasteiger partial charge in [-0.2, -0.15) is 0 Å². The topological polar surface area (TPSA) is 52.4 Å². The predicted octanol–water partition coefficient (Wildman–Crippen LogP) is 3.16. The molecule has 1 aromatic carbocycles. The number of nitro benzene ring substituents is 1. The van der Waals surface area contributed by atoms with Crippen molar-refractivity contribution in [3.8, 4) is 5.75 Å². The van der Waals surface area contributed by atoms with Crippen LogP contribution in [0.1, 0.15) is 18.9 Å². The Kier molecular flexibility index (Phi) is 5.05. The van der Waals surface area contributed by atoms with E-state index in [4.69, 9.17) is 16.3 Å². The third kappa shape index (κ3) is 3.38. The Hall–Kier alpha value is -1.29. The van der Waals surface area contributed by atoms with E-state index in [1.807, 2.05) is 6.92 Å². The van der Waals surface area contributed by atoms with Crippen molar-refractivity contribution in [1.82, 2.24) is 0 Å². The summed E-state index contributed by atoms with van der Waals surface area (Å²) < 4.78 is 5.23. The summed E-state index contributed by atoms with van der Waals surface area (Å²) in [6.45, 7) is 2.34. The summed E-state index contributed by atoms with van der Waals surface area (Å²) in [4.78, 5) is 10.5. The van der Waals surface area contributed by atoms with Gasteiger partial charge < -0.3 is 4.74 Å². The standard InChI is InChI=1S/C11H14ClNO3/c1-2-16-10-6-5-9(4-3-7-12)11(8-10)13(14)15/h5-6,8H,2-4,7H2,1H3. The van der Waals surface area contributed by atoms with Crippen LogP contribution >= 0.6 is 11.6 Å². The summed E-state index contributed by atoms with van der Waals surface area (Å²) >= 11 is 5.57. The SMILES string of the molecule is CCOc1ccc(CCCCl)c([N+](=O)[O-])c1. The van der Waals surface area contributed by atoms with Gasteiger partial charge in [0.05, 0.1) is 17.6 Å². The third-order valence-electron chi connectivity index (χ3n) is 2.14. The molecule has 5 heteroatoms. The van der Waals surface area contributed by atoms with Gasteiger partial charge >= 0.3 is 0 Å². The first-order valence-electron chi connectivity index (χ1n) is 5.15. The number of ether oxygens (including phenoxy) is 1. The minimum absolute atomic E-state index is 0.107. The Morgan fingerprint density at radius 3 is 2.81 bits per heavy atom. The van der Waals surface area contributed by atoms with Crippen LogP contribution in [0.25, 0.3) is 0 Å². The Morgan fingerprint density at radius 2 is 2.25 bits per heavy atom. The summed E-state index contributed by atoms with van der Waals surface area (Å²) in [6.07, 6.45) is 1.35. The monoisotopic (exact) mass is 243 g/mol. The lowest BCUT2D eigenvalue weighted by Gasteiger charge is -2.05. The van der Waals surface area contributed by atoms with E-state index in [2.05, 4.69) is 0 Å². The van der Waals surface area contributed by atoms with Gasteiger partial charge in [-0.1, -0.05) is 0 Å². The molecule has 4 nitrogen and oxygen atoms in total. The first kappa shape index (κ1) is 12.8. The molecule has 0 aliphatic carbocycles. The fraction of sp³-hybridized carbons (Fsp3) is 0.455. The zero-order valence-corrected chi connectivity index (χ0v) is 9.87. The molecule has 0 saturated heterocycles. The van der Waals surface area contributed by atoms with E-state index in [-0.39, 0.29) is 10.6 Å². The Labute approximate surface area is 99.3 Å². The molecule has 0 unspecified atom stereocenters. The minimum atomic E-state index is -0.383. The summed E-state index contributed by atoms with van der Waals surface area (Å²) in [6, 6.07) is 4.95. The van der Waals surface area contributed by atoms with Gasteiger partial charge in [0.2, 0.25) is 0 Å². The molecule has 1 rings (SSSR count). The Morgan fingerprint density at radius 1 is 1.50 bits per heavy atom. The van der Waals surface area contributed by atoms with E-state index in [0.717, 1.165) is 6.42 Å². The molecule has 0 N–H and O–H groups in total. The molecule has 0 bridgehead atoms. The maximum atomic E-state index is 10.9. The van der Waals surface area contributed by atoms with Crippen LogP contribution in [0.5, 0.6) is 5.75 Å². The van der Waals surface area contributed by atoms with Crippen LogP contribution in [-0.2, 0) is 6.42 Å². The number of hydrogen-bond acceptors (Lipinski definition) is 3. The van der Waals surface area contributed by atoms with Crippen molar-refractivity contribution in [1.29, 1.82) is 0 Å². The van der Waals surface area contributed by atoms with Crippen molar-refractivity contribution in [3.63, 3.8) is 0 Å². The van der Waals surface area contributed by atoms with E-state index in [1.54, 1.807) is 12.1 Å². The predicted molar refractivity (Wildman–Crippen MR) is 63.3 cm³/mol. The smallest absolute Gasteiger partial charge is 0.276 e. The molecular formula is C11H14ClNO3. The van der Waals surface area contributed by atoms with Gasteiger partial charge in [-0.3, -0.25) is 10.1 Å². The number of aryl methyl sites for hydroxylation is 1. The van der Waals surface area contributed by atoms with Crippen molar-refractivity contribution in [3.05, 3.63) is 33.9 Å². The third-order valence-corrected chi connectivity index (χ3v) is 2.41. The highest BCUT2D eigenvalue weighted by Crippen LogP contribution is 2.25. The van der Waals surface area contributed by atoms with Gasteiger partial charge in [-0.05, 0) is 31.9 Å². The summed E-state index contributed by atoms with van der Waals surface area (Å²) in [5, 5.41) is 10.9.